The molecule has 0 aliphatic carbocycles. The molecule has 1 aromatic heterocycles. The van der Waals surface area contributed by atoms with Crippen molar-refractivity contribution in [1.82, 2.24) is 14.2 Å². The fourth-order valence-corrected chi connectivity index (χ4v) is 5.17. The number of nitrogens with zero attached hydrogens (tertiary/aromatic N) is 3. The van der Waals surface area contributed by atoms with E-state index in [9.17, 15) is 18.3 Å². The molecule has 37 heavy (non-hydrogen) atoms. The smallest absolute Gasteiger partial charge is 0.259 e. The maximum Gasteiger partial charge on any atom is 0.259 e. The molecule has 3 rings (SSSR count). The number of ether oxygens (including phenoxy) is 1. The number of benzene rings is 1. The first-order chi connectivity index (χ1) is 17.4. The van der Waals surface area contributed by atoms with Gasteiger partial charge in [0.2, 0.25) is 15.9 Å². The third-order valence-electron chi connectivity index (χ3n) is 6.43. The van der Waals surface area contributed by atoms with Gasteiger partial charge in [-0.2, -0.15) is 4.31 Å². The summed E-state index contributed by atoms with van der Waals surface area (Å²) in [5, 5.41) is 9.84. The molecule has 9 heteroatoms. The molecule has 1 aromatic carbocycles. The maximum absolute atomic E-state index is 13.5. The van der Waals surface area contributed by atoms with Crippen molar-refractivity contribution >= 4 is 15.9 Å². The first kappa shape index (κ1) is 28.6. The van der Waals surface area contributed by atoms with Crippen molar-refractivity contribution in [2.45, 2.75) is 58.1 Å². The van der Waals surface area contributed by atoms with E-state index in [0.717, 1.165) is 12.0 Å². The fourth-order valence-electron chi connectivity index (χ4n) is 3.99. The second-order valence-electron chi connectivity index (χ2n) is 10.2. The molecule has 1 N–H and O–H groups in total. The van der Waals surface area contributed by atoms with Gasteiger partial charge in [0.05, 0.1) is 24.1 Å². The fraction of sp³-hybridized carbons (Fsp3) is 0.500. The maximum atomic E-state index is 13.5. The van der Waals surface area contributed by atoms with E-state index in [1.807, 2.05) is 13.8 Å². The van der Waals surface area contributed by atoms with Crippen LogP contribution in [0, 0.1) is 30.6 Å². The van der Waals surface area contributed by atoms with Crippen molar-refractivity contribution in [3.63, 3.8) is 0 Å². The number of aliphatic hydroxyl groups excluding tert-OH is 1. The summed E-state index contributed by atoms with van der Waals surface area (Å²) in [5.41, 5.74) is 1.81. The van der Waals surface area contributed by atoms with Gasteiger partial charge in [0.1, 0.15) is 11.7 Å². The van der Waals surface area contributed by atoms with E-state index in [4.69, 9.17) is 4.74 Å². The average molecular weight is 528 g/mol. The van der Waals surface area contributed by atoms with E-state index < -0.39 is 22.2 Å². The Morgan fingerprint density at radius 3 is 2.54 bits per heavy atom. The number of aliphatic hydroxyl groups is 1. The molecular weight excluding hydrogens is 490 g/mol. The van der Waals surface area contributed by atoms with Gasteiger partial charge >= 0.3 is 0 Å². The Bertz CT molecular complexity index is 1260. The minimum absolute atomic E-state index is 0.0595. The topological polar surface area (TPSA) is 100 Å². The van der Waals surface area contributed by atoms with Crippen molar-refractivity contribution in [3.8, 4) is 17.7 Å². The molecule has 0 saturated carbocycles. The molecular formula is C28H37N3O5S. The van der Waals surface area contributed by atoms with E-state index in [1.54, 1.807) is 48.4 Å². The van der Waals surface area contributed by atoms with Gasteiger partial charge in [-0.15, -0.1) is 0 Å². The number of carbonyl (C=O) groups is 1. The second kappa shape index (κ2) is 12.1. The second-order valence-corrected chi connectivity index (χ2v) is 12.2. The number of aryl methyl sites for hydroxylation is 1. The molecule has 0 unspecified atom stereocenters. The van der Waals surface area contributed by atoms with Crippen LogP contribution in [0.15, 0.2) is 41.4 Å². The highest BCUT2D eigenvalue weighted by molar-refractivity contribution is 7.89. The summed E-state index contributed by atoms with van der Waals surface area (Å²) < 4.78 is 34.0. The summed E-state index contributed by atoms with van der Waals surface area (Å²) in [6.07, 6.45) is 1.70. The highest BCUT2D eigenvalue weighted by atomic mass is 32.2. The van der Waals surface area contributed by atoms with Gasteiger partial charge in [-0.1, -0.05) is 50.3 Å². The molecule has 0 spiro atoms. The largest absolute Gasteiger partial charge is 0.472 e. The Kier molecular flexibility index (Phi) is 9.35. The molecule has 0 fully saturated rings. The van der Waals surface area contributed by atoms with E-state index >= 15 is 0 Å². The number of likely N-dealkylation sites (N-methyl/N-ethyl adjacent to an activating group) is 1. The van der Waals surface area contributed by atoms with Gasteiger partial charge in [0.25, 0.3) is 5.91 Å². The van der Waals surface area contributed by atoms with E-state index in [0.29, 0.717) is 11.5 Å². The van der Waals surface area contributed by atoms with Crippen molar-refractivity contribution in [2.75, 3.05) is 26.7 Å². The molecule has 200 valence electrons. The lowest BCUT2D eigenvalue weighted by atomic mass is 10.00. The quantitative estimate of drug-likeness (QED) is 0.555. The van der Waals surface area contributed by atoms with E-state index in [1.165, 1.54) is 11.4 Å². The zero-order valence-electron chi connectivity index (χ0n) is 22.4. The number of sulfonamides is 1. The van der Waals surface area contributed by atoms with Crippen LogP contribution in [0.3, 0.4) is 0 Å². The molecule has 3 atom stereocenters. The molecule has 1 amide bonds. The van der Waals surface area contributed by atoms with E-state index in [-0.39, 0.29) is 47.9 Å². The highest BCUT2D eigenvalue weighted by Crippen LogP contribution is 2.28. The van der Waals surface area contributed by atoms with Crippen LogP contribution in [-0.2, 0) is 10.0 Å². The SMILES string of the molecule is Cc1ccc(S(=O)(=O)N(C)C[C@@H]2Oc3ncc(C#CCC(C)C)cc3C(=O)N([C@H](C)CO)C[C@H]2C)cc1. The lowest BCUT2D eigenvalue weighted by Gasteiger charge is -2.37. The molecule has 0 radical (unpaired) electrons. The van der Waals surface area contributed by atoms with Crippen molar-refractivity contribution in [2.24, 2.45) is 11.8 Å². The van der Waals surface area contributed by atoms with Crippen LogP contribution in [0.25, 0.3) is 0 Å². The monoisotopic (exact) mass is 527 g/mol. The number of hydrogen-bond donors (Lipinski definition) is 1. The summed E-state index contributed by atoms with van der Waals surface area (Å²) >= 11 is 0. The predicted octanol–water partition coefficient (Wildman–Crippen LogP) is 3.33. The molecule has 2 heterocycles. The Balaban J connectivity index is 1.96. The minimum atomic E-state index is -3.75. The van der Waals surface area contributed by atoms with Crippen LogP contribution < -0.4 is 4.74 Å². The van der Waals surface area contributed by atoms with Crippen molar-refractivity contribution < 1.29 is 23.1 Å². The van der Waals surface area contributed by atoms with E-state index in [2.05, 4.69) is 30.7 Å². The highest BCUT2D eigenvalue weighted by Gasteiger charge is 2.35. The molecule has 0 bridgehead atoms. The lowest BCUT2D eigenvalue weighted by Crippen LogP contribution is -2.50. The summed E-state index contributed by atoms with van der Waals surface area (Å²) in [4.78, 5) is 19.7. The van der Waals surface area contributed by atoms with Crippen LogP contribution in [0.1, 0.15) is 55.6 Å². The van der Waals surface area contributed by atoms with Crippen LogP contribution in [0.4, 0.5) is 0 Å². The van der Waals surface area contributed by atoms with Gasteiger partial charge < -0.3 is 14.7 Å². The van der Waals surface area contributed by atoms with Crippen LogP contribution in [0.2, 0.25) is 0 Å². The average Bonchev–Trinajstić information content (AvgIpc) is 2.85. The third-order valence-corrected chi connectivity index (χ3v) is 8.27. The number of rotatable bonds is 7. The summed E-state index contributed by atoms with van der Waals surface area (Å²) in [6.45, 7) is 9.87. The number of aromatic nitrogens is 1. The number of fused-ring (bicyclic) bond motifs is 1. The predicted molar refractivity (Wildman–Crippen MR) is 143 cm³/mol. The number of hydrogen-bond acceptors (Lipinski definition) is 6. The first-order valence-corrected chi connectivity index (χ1v) is 14.0. The number of carbonyl (C=O) groups excluding carboxylic acids is 1. The van der Waals surface area contributed by atoms with Gasteiger partial charge in [-0.25, -0.2) is 13.4 Å². The van der Waals surface area contributed by atoms with Crippen molar-refractivity contribution in [1.29, 1.82) is 0 Å². The normalized spacial score (nSPS) is 18.9. The Morgan fingerprint density at radius 2 is 1.92 bits per heavy atom. The summed E-state index contributed by atoms with van der Waals surface area (Å²) in [7, 11) is -2.23. The number of pyridine rings is 1. The number of amides is 1. The van der Waals surface area contributed by atoms with Gasteiger partial charge in [0, 0.05) is 37.7 Å². The summed E-state index contributed by atoms with van der Waals surface area (Å²) in [6, 6.07) is 7.92. The molecule has 8 nitrogen and oxygen atoms in total. The molecule has 1 aliphatic heterocycles. The Hall–Kier alpha value is -2.93. The Morgan fingerprint density at radius 1 is 1.24 bits per heavy atom. The minimum Gasteiger partial charge on any atom is -0.472 e. The first-order valence-electron chi connectivity index (χ1n) is 12.5. The van der Waals surface area contributed by atoms with Crippen LogP contribution in [0.5, 0.6) is 5.88 Å². The third kappa shape index (κ3) is 6.89. The van der Waals surface area contributed by atoms with Gasteiger partial charge in [-0.05, 0) is 38.0 Å². The van der Waals surface area contributed by atoms with Gasteiger partial charge in [-0.3, -0.25) is 4.79 Å². The molecule has 1 aliphatic rings. The standard InChI is InChI=1S/C28H37N3O5S/c1-19(2)8-7-9-23-14-25-27(29-15-23)36-26(21(4)16-31(28(25)33)22(5)18-32)17-30(6)37(34,35)24-12-10-20(3)11-13-24/h10-15,19,21-22,26,32H,8,16-18H2,1-6H3/t21-,22-,26+/m1/s1. The van der Waals surface area contributed by atoms with Crippen LogP contribution >= 0.6 is 0 Å². The van der Waals surface area contributed by atoms with Crippen LogP contribution in [-0.4, -0.2) is 72.5 Å². The van der Waals surface area contributed by atoms with Gasteiger partial charge in [0.15, 0.2) is 0 Å². The zero-order chi connectivity index (χ0) is 27.3. The molecule has 0 saturated heterocycles. The Labute approximate surface area is 220 Å². The van der Waals surface area contributed by atoms with Crippen molar-refractivity contribution in [3.05, 3.63) is 53.2 Å². The summed E-state index contributed by atoms with van der Waals surface area (Å²) in [5.74, 6) is 6.17. The molecule has 2 aromatic rings. The zero-order valence-corrected chi connectivity index (χ0v) is 23.2. The lowest BCUT2D eigenvalue weighted by molar-refractivity contribution is 0.0373.